The molecule has 7 heteroatoms. The quantitative estimate of drug-likeness (QED) is 0.396. The van der Waals surface area contributed by atoms with Crippen molar-refractivity contribution in [3.8, 4) is 17.5 Å². The predicted molar refractivity (Wildman–Crippen MR) is 118 cm³/mol. The van der Waals surface area contributed by atoms with E-state index in [2.05, 4.69) is 24.1 Å². The molecule has 1 aromatic heterocycles. The molecule has 0 atom stereocenters. The number of carbonyl (C=O) groups excluding carboxylic acids is 1. The summed E-state index contributed by atoms with van der Waals surface area (Å²) in [5, 5.41) is 11.9. The maximum atomic E-state index is 14.1. The topological polar surface area (TPSA) is 78.9 Å². The van der Waals surface area contributed by atoms with Crippen molar-refractivity contribution < 1.29 is 13.6 Å². The average molecular weight is 434 g/mol. The fourth-order valence-electron chi connectivity index (χ4n) is 3.15. The van der Waals surface area contributed by atoms with Crippen LogP contribution in [0, 0.1) is 17.1 Å². The lowest BCUT2D eigenvalue weighted by molar-refractivity contribution is 0.102. The monoisotopic (exact) mass is 433 g/mol. The van der Waals surface area contributed by atoms with E-state index in [9.17, 15) is 9.18 Å². The lowest BCUT2D eigenvalue weighted by Crippen LogP contribution is -2.14. The number of nitrogens with zero attached hydrogens (tertiary/aromatic N) is 2. The molecule has 4 rings (SSSR count). The number of hydrogen-bond donors (Lipinski definition) is 1. The van der Waals surface area contributed by atoms with Crippen molar-refractivity contribution in [1.29, 1.82) is 5.26 Å². The largest absolute Gasteiger partial charge is 0.436 e. The van der Waals surface area contributed by atoms with Crippen LogP contribution in [0.2, 0.25) is 5.02 Å². The van der Waals surface area contributed by atoms with E-state index in [1.54, 1.807) is 18.2 Å². The Kier molecular flexibility index (Phi) is 5.45. The highest BCUT2D eigenvalue weighted by atomic mass is 35.5. The number of hydrogen-bond acceptors (Lipinski definition) is 4. The van der Waals surface area contributed by atoms with Gasteiger partial charge in [-0.15, -0.1) is 0 Å². The van der Waals surface area contributed by atoms with Gasteiger partial charge in [-0.05, 0) is 60.0 Å². The van der Waals surface area contributed by atoms with Crippen LogP contribution in [0.15, 0.2) is 59.0 Å². The fourth-order valence-corrected chi connectivity index (χ4v) is 3.35. The van der Waals surface area contributed by atoms with E-state index in [0.717, 1.165) is 11.6 Å². The third-order valence-corrected chi connectivity index (χ3v) is 5.21. The van der Waals surface area contributed by atoms with Crippen molar-refractivity contribution in [2.75, 3.05) is 5.32 Å². The van der Waals surface area contributed by atoms with Gasteiger partial charge in [0.2, 0.25) is 5.89 Å². The molecular weight excluding hydrogens is 417 g/mol. The summed E-state index contributed by atoms with van der Waals surface area (Å²) in [7, 11) is 0. The summed E-state index contributed by atoms with van der Waals surface area (Å²) in [6.07, 6.45) is 0. The second kappa shape index (κ2) is 8.21. The minimum atomic E-state index is -0.773. The molecular formula is C24H17ClFN3O2. The van der Waals surface area contributed by atoms with Crippen molar-refractivity contribution in [2.45, 2.75) is 19.8 Å². The molecule has 1 N–H and O–H groups in total. The Morgan fingerprint density at radius 3 is 2.68 bits per heavy atom. The van der Waals surface area contributed by atoms with E-state index in [0.29, 0.717) is 39.2 Å². The maximum Gasteiger partial charge on any atom is 0.258 e. The van der Waals surface area contributed by atoms with Crippen molar-refractivity contribution in [1.82, 2.24) is 4.98 Å². The molecule has 3 aromatic carbocycles. The van der Waals surface area contributed by atoms with E-state index in [4.69, 9.17) is 21.3 Å². The number of halogens is 2. The lowest BCUT2D eigenvalue weighted by Gasteiger charge is -2.08. The molecule has 0 bridgehead atoms. The molecule has 1 heterocycles. The van der Waals surface area contributed by atoms with E-state index in [1.165, 1.54) is 12.1 Å². The molecule has 154 valence electrons. The minimum Gasteiger partial charge on any atom is -0.436 e. The Hall–Kier alpha value is -3.69. The number of fused-ring (bicyclic) bond motifs is 1. The normalized spacial score (nSPS) is 11.0. The second-order valence-corrected chi connectivity index (χ2v) is 7.76. The van der Waals surface area contributed by atoms with Crippen LogP contribution in [0.4, 0.5) is 10.1 Å². The zero-order valence-corrected chi connectivity index (χ0v) is 17.5. The number of nitriles is 1. The number of aromatic nitrogens is 1. The average Bonchev–Trinajstić information content (AvgIpc) is 3.17. The standard InChI is InChI=1S/C24H17ClFN3O2/c1-13(2)15-4-8-22-21(10-15)29-24(31-22)18-11-16(5-7-19(18)25)28-23(30)17-6-3-14(12-27)9-20(17)26/h3-11,13H,1-2H3,(H,28,30). The van der Waals surface area contributed by atoms with Crippen LogP contribution in [0.25, 0.3) is 22.6 Å². The molecule has 31 heavy (non-hydrogen) atoms. The third kappa shape index (κ3) is 4.14. The first kappa shape index (κ1) is 20.6. The summed E-state index contributed by atoms with van der Waals surface area (Å²) < 4.78 is 20.0. The van der Waals surface area contributed by atoms with Crippen LogP contribution in [0.1, 0.15) is 41.3 Å². The van der Waals surface area contributed by atoms with Crippen LogP contribution >= 0.6 is 11.6 Å². The van der Waals surface area contributed by atoms with Gasteiger partial charge in [-0.3, -0.25) is 4.79 Å². The molecule has 5 nitrogen and oxygen atoms in total. The van der Waals surface area contributed by atoms with Gasteiger partial charge in [-0.2, -0.15) is 5.26 Å². The molecule has 0 radical (unpaired) electrons. The van der Waals surface area contributed by atoms with Crippen LogP contribution in [-0.4, -0.2) is 10.9 Å². The zero-order valence-electron chi connectivity index (χ0n) is 16.7. The maximum absolute atomic E-state index is 14.1. The fraction of sp³-hybridized carbons (Fsp3) is 0.125. The Morgan fingerprint density at radius 1 is 1.16 bits per heavy atom. The highest BCUT2D eigenvalue weighted by Crippen LogP contribution is 2.33. The third-order valence-electron chi connectivity index (χ3n) is 4.88. The summed E-state index contributed by atoms with van der Waals surface area (Å²) >= 11 is 6.35. The van der Waals surface area contributed by atoms with Gasteiger partial charge in [0.05, 0.1) is 27.8 Å². The van der Waals surface area contributed by atoms with Crippen molar-refractivity contribution in [2.24, 2.45) is 0 Å². The zero-order chi connectivity index (χ0) is 22.1. The van der Waals surface area contributed by atoms with Gasteiger partial charge in [-0.1, -0.05) is 31.5 Å². The van der Waals surface area contributed by atoms with E-state index in [1.807, 2.05) is 24.3 Å². The molecule has 0 saturated heterocycles. The van der Waals surface area contributed by atoms with Crippen molar-refractivity contribution in [3.63, 3.8) is 0 Å². The minimum absolute atomic E-state index is 0.138. The summed E-state index contributed by atoms with van der Waals surface area (Å²) in [5.41, 5.74) is 3.36. The SMILES string of the molecule is CC(C)c1ccc2oc(-c3cc(NC(=O)c4ccc(C#N)cc4F)ccc3Cl)nc2c1. The number of carbonyl (C=O) groups is 1. The smallest absolute Gasteiger partial charge is 0.258 e. The first-order valence-electron chi connectivity index (χ1n) is 9.57. The van der Waals surface area contributed by atoms with Gasteiger partial charge < -0.3 is 9.73 Å². The highest BCUT2D eigenvalue weighted by Gasteiger charge is 2.16. The van der Waals surface area contributed by atoms with E-state index >= 15 is 0 Å². The van der Waals surface area contributed by atoms with Gasteiger partial charge in [0.15, 0.2) is 5.58 Å². The molecule has 0 aliphatic carbocycles. The Labute approximate surface area is 183 Å². The van der Waals surface area contributed by atoms with Crippen LogP contribution in [-0.2, 0) is 0 Å². The number of amides is 1. The molecule has 0 unspecified atom stereocenters. The molecule has 0 aliphatic rings. The Morgan fingerprint density at radius 2 is 1.97 bits per heavy atom. The van der Waals surface area contributed by atoms with Crippen molar-refractivity contribution >= 4 is 34.3 Å². The molecule has 0 saturated carbocycles. The number of anilines is 1. The molecule has 0 aliphatic heterocycles. The van der Waals surface area contributed by atoms with Gasteiger partial charge in [-0.25, -0.2) is 9.37 Å². The Bertz CT molecular complexity index is 1350. The Balaban J connectivity index is 1.65. The molecule has 0 spiro atoms. The number of rotatable bonds is 4. The van der Waals surface area contributed by atoms with Crippen LogP contribution in [0.3, 0.4) is 0 Å². The summed E-state index contributed by atoms with van der Waals surface area (Å²) in [4.78, 5) is 17.0. The van der Waals surface area contributed by atoms with Crippen molar-refractivity contribution in [3.05, 3.63) is 82.1 Å². The summed E-state index contributed by atoms with van der Waals surface area (Å²) in [5.74, 6) is -0.740. The second-order valence-electron chi connectivity index (χ2n) is 7.36. The first-order chi connectivity index (χ1) is 14.9. The van der Waals surface area contributed by atoms with Gasteiger partial charge in [0, 0.05) is 5.69 Å². The number of oxazole rings is 1. The van der Waals surface area contributed by atoms with Gasteiger partial charge in [0.25, 0.3) is 5.91 Å². The first-order valence-corrected chi connectivity index (χ1v) is 9.95. The van der Waals surface area contributed by atoms with Gasteiger partial charge in [0.1, 0.15) is 11.3 Å². The van der Waals surface area contributed by atoms with E-state index in [-0.39, 0.29) is 11.1 Å². The predicted octanol–water partition coefficient (Wildman–Crippen LogP) is 6.53. The van der Waals surface area contributed by atoms with Crippen LogP contribution in [0.5, 0.6) is 0 Å². The van der Waals surface area contributed by atoms with Gasteiger partial charge >= 0.3 is 0 Å². The lowest BCUT2D eigenvalue weighted by atomic mass is 10.0. The summed E-state index contributed by atoms with van der Waals surface area (Å²) in [6, 6.07) is 16.2. The molecule has 0 fully saturated rings. The number of benzene rings is 3. The highest BCUT2D eigenvalue weighted by molar-refractivity contribution is 6.33. The van der Waals surface area contributed by atoms with E-state index < -0.39 is 11.7 Å². The summed E-state index contributed by atoms with van der Waals surface area (Å²) in [6.45, 7) is 4.20. The van der Waals surface area contributed by atoms with Crippen LogP contribution < -0.4 is 5.32 Å². The molecule has 4 aromatic rings. The molecule has 1 amide bonds. The number of nitrogens with one attached hydrogen (secondary N) is 1.